The van der Waals surface area contributed by atoms with E-state index >= 15 is 0 Å². The maximum absolute atomic E-state index is 4.21. The molecule has 0 spiro atoms. The Balaban J connectivity index is 0.000000845. The van der Waals surface area contributed by atoms with Crippen LogP contribution in [0, 0.1) is 0 Å². The Morgan fingerprint density at radius 3 is 2.38 bits per heavy atom. The average molecular weight is 242 g/mol. The number of thiol groups is 1. The van der Waals surface area contributed by atoms with Gasteiger partial charge in [0.2, 0.25) is 0 Å². The van der Waals surface area contributed by atoms with E-state index in [0.29, 0.717) is 5.16 Å². The van der Waals surface area contributed by atoms with Crippen LogP contribution < -0.4 is 0 Å². The molecule has 4 heteroatoms. The van der Waals surface area contributed by atoms with Gasteiger partial charge in [0.15, 0.2) is 5.16 Å². The Labute approximate surface area is 95.2 Å². The van der Waals surface area contributed by atoms with Crippen LogP contribution in [0.1, 0.15) is 0 Å². The van der Waals surface area contributed by atoms with Crippen molar-refractivity contribution < 1.29 is 19.5 Å². The van der Waals surface area contributed by atoms with Crippen LogP contribution in [0.4, 0.5) is 0 Å². The van der Waals surface area contributed by atoms with Gasteiger partial charge < -0.3 is 0 Å². The molecule has 1 aromatic heterocycles. The Hall–Kier alpha value is -0.597. The molecule has 0 radical (unpaired) electrons. The van der Waals surface area contributed by atoms with E-state index in [1.807, 2.05) is 41.1 Å². The Kier molecular flexibility index (Phi) is 3.70. The summed E-state index contributed by atoms with van der Waals surface area (Å²) in [5.74, 6) is 0. The van der Waals surface area contributed by atoms with Crippen LogP contribution in [0.2, 0.25) is 0 Å². The molecule has 0 fully saturated rings. The maximum atomic E-state index is 4.21. The zero-order valence-corrected chi connectivity index (χ0v) is 11.0. The third kappa shape index (κ3) is 2.20. The summed E-state index contributed by atoms with van der Waals surface area (Å²) >= 11 is 4.21. The van der Waals surface area contributed by atoms with Crippen LogP contribution in [0.15, 0.2) is 47.9 Å². The SMILES string of the molecule is Sc1nccn1-c1ccccc1.[Zn]. The van der Waals surface area contributed by atoms with Crippen LogP contribution in [0.5, 0.6) is 0 Å². The number of aromatic nitrogens is 2. The average Bonchev–Trinajstić information content (AvgIpc) is 2.53. The second kappa shape index (κ2) is 4.59. The molecule has 0 bridgehead atoms. The molecule has 1 heterocycles. The molecule has 0 saturated heterocycles. The number of benzene rings is 1. The fourth-order valence-electron chi connectivity index (χ4n) is 1.09. The summed E-state index contributed by atoms with van der Waals surface area (Å²) in [6, 6.07) is 9.99. The van der Waals surface area contributed by atoms with Crippen LogP contribution in [0.25, 0.3) is 5.69 Å². The summed E-state index contributed by atoms with van der Waals surface area (Å²) in [6.45, 7) is 0. The van der Waals surface area contributed by atoms with Crippen molar-refractivity contribution in [1.82, 2.24) is 9.55 Å². The Morgan fingerprint density at radius 2 is 1.85 bits per heavy atom. The number of hydrogen-bond donors (Lipinski definition) is 1. The minimum atomic E-state index is 0. The van der Waals surface area contributed by atoms with Gasteiger partial charge in [0, 0.05) is 37.6 Å². The van der Waals surface area contributed by atoms with E-state index in [0.717, 1.165) is 5.69 Å². The first-order chi connectivity index (χ1) is 5.88. The van der Waals surface area contributed by atoms with Gasteiger partial charge in [-0.1, -0.05) is 18.2 Å². The van der Waals surface area contributed by atoms with Gasteiger partial charge in [-0.15, -0.1) is 12.6 Å². The fraction of sp³-hybridized carbons (Fsp3) is 0. The van der Waals surface area contributed by atoms with Crippen molar-refractivity contribution in [2.45, 2.75) is 5.16 Å². The zero-order chi connectivity index (χ0) is 8.39. The van der Waals surface area contributed by atoms with Gasteiger partial charge in [-0.2, -0.15) is 0 Å². The molecule has 2 rings (SSSR count). The summed E-state index contributed by atoms with van der Waals surface area (Å²) in [5, 5.41) is 0.709. The molecule has 0 N–H and O–H groups in total. The molecule has 2 aromatic rings. The molecular weight excluding hydrogens is 234 g/mol. The third-order valence-electron chi connectivity index (χ3n) is 1.66. The van der Waals surface area contributed by atoms with E-state index in [1.165, 1.54) is 0 Å². The van der Waals surface area contributed by atoms with Crippen molar-refractivity contribution in [1.29, 1.82) is 0 Å². The Bertz CT molecular complexity index is 372. The predicted molar refractivity (Wildman–Crippen MR) is 50.8 cm³/mol. The molecular formula is C9H8N2SZn. The van der Waals surface area contributed by atoms with Gasteiger partial charge in [0.25, 0.3) is 0 Å². The van der Waals surface area contributed by atoms with E-state index in [1.54, 1.807) is 6.20 Å². The zero-order valence-electron chi connectivity index (χ0n) is 7.09. The quantitative estimate of drug-likeness (QED) is 0.598. The van der Waals surface area contributed by atoms with Crippen molar-refractivity contribution in [3.05, 3.63) is 42.7 Å². The van der Waals surface area contributed by atoms with Crippen LogP contribution in [-0.4, -0.2) is 9.55 Å². The number of rotatable bonds is 1. The number of para-hydroxylation sites is 1. The first-order valence-corrected chi connectivity index (χ1v) is 4.10. The van der Waals surface area contributed by atoms with E-state index in [2.05, 4.69) is 17.6 Å². The second-order valence-corrected chi connectivity index (χ2v) is 2.83. The topological polar surface area (TPSA) is 17.8 Å². The molecule has 13 heavy (non-hydrogen) atoms. The molecule has 0 aliphatic rings. The van der Waals surface area contributed by atoms with Gasteiger partial charge in [-0.05, 0) is 12.1 Å². The second-order valence-electron chi connectivity index (χ2n) is 2.43. The molecule has 0 aliphatic carbocycles. The molecule has 0 amide bonds. The molecule has 62 valence electrons. The van der Waals surface area contributed by atoms with E-state index in [-0.39, 0.29) is 19.5 Å². The van der Waals surface area contributed by atoms with Crippen LogP contribution in [-0.2, 0) is 19.5 Å². The van der Waals surface area contributed by atoms with E-state index in [9.17, 15) is 0 Å². The smallest absolute Gasteiger partial charge is 0.169 e. The number of hydrogen-bond acceptors (Lipinski definition) is 2. The van der Waals surface area contributed by atoms with Crippen molar-refractivity contribution in [2.24, 2.45) is 0 Å². The first kappa shape index (κ1) is 10.5. The molecule has 0 unspecified atom stereocenters. The van der Waals surface area contributed by atoms with Crippen molar-refractivity contribution >= 4 is 12.6 Å². The molecule has 1 aromatic carbocycles. The summed E-state index contributed by atoms with van der Waals surface area (Å²) in [4.78, 5) is 4.02. The molecule has 2 nitrogen and oxygen atoms in total. The summed E-state index contributed by atoms with van der Waals surface area (Å²) < 4.78 is 1.92. The third-order valence-corrected chi connectivity index (χ3v) is 1.99. The van der Waals surface area contributed by atoms with E-state index in [4.69, 9.17) is 0 Å². The molecule has 0 atom stereocenters. The molecule has 0 aliphatic heterocycles. The van der Waals surface area contributed by atoms with Crippen molar-refractivity contribution in [3.63, 3.8) is 0 Å². The minimum absolute atomic E-state index is 0. The number of nitrogens with zero attached hydrogens (tertiary/aromatic N) is 2. The van der Waals surface area contributed by atoms with Gasteiger partial charge in [-0.25, -0.2) is 4.98 Å². The van der Waals surface area contributed by atoms with Gasteiger partial charge >= 0.3 is 0 Å². The summed E-state index contributed by atoms with van der Waals surface area (Å²) in [7, 11) is 0. The standard InChI is InChI=1S/C9H8N2S.Zn/c12-9-10-6-7-11(9)8-4-2-1-3-5-8;/h1-7H,(H,10,12);. The first-order valence-electron chi connectivity index (χ1n) is 3.65. The van der Waals surface area contributed by atoms with E-state index < -0.39 is 0 Å². The van der Waals surface area contributed by atoms with Crippen LogP contribution in [0.3, 0.4) is 0 Å². The fourth-order valence-corrected chi connectivity index (χ4v) is 1.33. The van der Waals surface area contributed by atoms with Gasteiger partial charge in [0.05, 0.1) is 0 Å². The summed E-state index contributed by atoms with van der Waals surface area (Å²) in [5.41, 5.74) is 1.08. The van der Waals surface area contributed by atoms with Crippen LogP contribution >= 0.6 is 12.6 Å². The maximum Gasteiger partial charge on any atom is 0.169 e. The van der Waals surface area contributed by atoms with Gasteiger partial charge in [0.1, 0.15) is 0 Å². The Morgan fingerprint density at radius 1 is 1.15 bits per heavy atom. The predicted octanol–water partition coefficient (Wildman–Crippen LogP) is 2.16. The van der Waals surface area contributed by atoms with Crippen molar-refractivity contribution in [3.8, 4) is 5.69 Å². The monoisotopic (exact) mass is 240 g/mol. The number of imidazole rings is 1. The molecule has 0 saturated carbocycles. The minimum Gasteiger partial charge on any atom is -0.295 e. The normalized spacial score (nSPS) is 9.31. The van der Waals surface area contributed by atoms with Crippen molar-refractivity contribution in [2.75, 3.05) is 0 Å². The largest absolute Gasteiger partial charge is 0.295 e. The van der Waals surface area contributed by atoms with Gasteiger partial charge in [-0.3, -0.25) is 4.57 Å². The summed E-state index contributed by atoms with van der Waals surface area (Å²) in [6.07, 6.45) is 3.62.